The lowest BCUT2D eigenvalue weighted by molar-refractivity contribution is -0.138. The van der Waals surface area contributed by atoms with Gasteiger partial charge in [-0.25, -0.2) is 9.69 Å². The fraction of sp³-hybridized carbons (Fsp3) is 0.256. The van der Waals surface area contributed by atoms with Gasteiger partial charge in [-0.3, -0.25) is 24.6 Å². The zero-order chi connectivity index (χ0) is 38.2. The number of carboxylic acids is 1. The van der Waals surface area contributed by atoms with Crippen molar-refractivity contribution in [3.63, 3.8) is 0 Å². The van der Waals surface area contributed by atoms with Gasteiger partial charge in [-0.2, -0.15) is 5.01 Å². The second-order valence-corrected chi connectivity index (χ2v) is 14.5. The molecule has 3 fully saturated rings. The molecule has 0 radical (unpaired) electrons. The first kappa shape index (κ1) is 35.4. The number of aliphatic hydroxyl groups excluding tert-OH is 1. The Hall–Kier alpha value is -5.63. The van der Waals surface area contributed by atoms with Crippen molar-refractivity contribution >= 4 is 64.2 Å². The number of allylic oxidation sites excluding steroid dienone is 2. The molecule has 54 heavy (non-hydrogen) atoms. The molecule has 0 bridgehead atoms. The number of methoxy groups -OCH3 is 1. The molecule has 3 aromatic carbocycles. The third kappa shape index (κ3) is 5.13. The van der Waals surface area contributed by atoms with Gasteiger partial charge in [0.15, 0.2) is 0 Å². The Morgan fingerprint density at radius 3 is 2.37 bits per heavy atom. The third-order valence-electron chi connectivity index (χ3n) is 11.2. The molecule has 4 aromatic rings. The lowest BCUT2D eigenvalue weighted by Crippen LogP contribution is -2.53. The van der Waals surface area contributed by atoms with Crippen molar-refractivity contribution in [3.8, 4) is 11.5 Å². The highest BCUT2D eigenvalue weighted by Gasteiger charge is 2.71. The molecule has 6 atom stereocenters. The Balaban J connectivity index is 1.29. The van der Waals surface area contributed by atoms with Crippen LogP contribution in [0.25, 0.3) is 0 Å². The highest BCUT2D eigenvalue weighted by Crippen LogP contribution is 2.64. The van der Waals surface area contributed by atoms with E-state index in [1.54, 1.807) is 42.5 Å². The van der Waals surface area contributed by atoms with Gasteiger partial charge in [0.05, 0.1) is 47.2 Å². The van der Waals surface area contributed by atoms with Crippen LogP contribution in [0.15, 0.2) is 88.9 Å². The van der Waals surface area contributed by atoms with Gasteiger partial charge in [0, 0.05) is 11.1 Å². The maximum Gasteiger partial charge on any atom is 0.339 e. The molecule has 4 aliphatic rings. The summed E-state index contributed by atoms with van der Waals surface area (Å²) in [5.74, 6) is -8.02. The Morgan fingerprint density at radius 2 is 1.72 bits per heavy atom. The molecule has 8 rings (SSSR count). The number of halogens is 2. The smallest absolute Gasteiger partial charge is 0.339 e. The van der Waals surface area contributed by atoms with Crippen LogP contribution in [0, 0.1) is 23.7 Å². The van der Waals surface area contributed by atoms with Crippen molar-refractivity contribution < 1.29 is 48.4 Å². The van der Waals surface area contributed by atoms with E-state index >= 15 is 4.79 Å². The van der Waals surface area contributed by atoms with Crippen LogP contribution in [0.1, 0.15) is 46.2 Å². The number of rotatable bonds is 8. The number of benzene rings is 3. The largest absolute Gasteiger partial charge is 0.507 e. The van der Waals surface area contributed by atoms with Gasteiger partial charge < -0.3 is 24.5 Å². The number of ether oxygens (including phenoxy) is 1. The van der Waals surface area contributed by atoms with Gasteiger partial charge in [0.25, 0.3) is 11.8 Å². The summed E-state index contributed by atoms with van der Waals surface area (Å²) in [6, 6.07) is 18.0. The number of imide groups is 2. The first-order chi connectivity index (χ1) is 25.9. The van der Waals surface area contributed by atoms with Crippen molar-refractivity contribution in [2.24, 2.45) is 23.7 Å². The van der Waals surface area contributed by atoms with E-state index in [9.17, 15) is 34.5 Å². The van der Waals surface area contributed by atoms with Crippen molar-refractivity contribution in [3.05, 3.63) is 117 Å². The maximum atomic E-state index is 15.3. The minimum Gasteiger partial charge on any atom is -0.507 e. The summed E-state index contributed by atoms with van der Waals surface area (Å²) in [4.78, 5) is 71.1. The summed E-state index contributed by atoms with van der Waals surface area (Å²) >= 11 is 12.6. The average molecular weight is 773 g/mol. The van der Waals surface area contributed by atoms with E-state index in [1.807, 2.05) is 6.08 Å². The van der Waals surface area contributed by atoms with Crippen LogP contribution < -0.4 is 15.1 Å². The summed E-state index contributed by atoms with van der Waals surface area (Å²) in [5, 5.41) is 31.3. The molecule has 1 saturated carbocycles. The summed E-state index contributed by atoms with van der Waals surface area (Å²) < 4.78 is 11.6. The summed E-state index contributed by atoms with van der Waals surface area (Å²) in [6.07, 6.45) is 1.92. The molecule has 2 saturated heterocycles. The number of carboxylic acid groups (broad SMARTS) is 1. The second-order valence-electron chi connectivity index (χ2n) is 13.7. The van der Waals surface area contributed by atoms with E-state index in [-0.39, 0.29) is 40.8 Å². The highest BCUT2D eigenvalue weighted by molar-refractivity contribution is 6.36. The molecular formula is C39H31Cl2N3O10. The van der Waals surface area contributed by atoms with Gasteiger partial charge >= 0.3 is 5.97 Å². The van der Waals surface area contributed by atoms with Crippen LogP contribution >= 0.6 is 23.2 Å². The highest BCUT2D eigenvalue weighted by atomic mass is 35.5. The maximum absolute atomic E-state index is 15.3. The number of hydrazine groups is 1. The van der Waals surface area contributed by atoms with Gasteiger partial charge in [0.2, 0.25) is 11.8 Å². The Morgan fingerprint density at radius 1 is 0.963 bits per heavy atom. The number of furan rings is 1. The van der Waals surface area contributed by atoms with Gasteiger partial charge in [0.1, 0.15) is 40.6 Å². The quantitative estimate of drug-likeness (QED) is 0.128. The van der Waals surface area contributed by atoms with Crippen LogP contribution in [0.3, 0.4) is 0 Å². The second kappa shape index (κ2) is 13.0. The summed E-state index contributed by atoms with van der Waals surface area (Å²) in [6.45, 7) is -0.441. The number of carbonyl (C=O) groups excluding carboxylic acids is 4. The van der Waals surface area contributed by atoms with E-state index < -0.39 is 82.5 Å². The van der Waals surface area contributed by atoms with Crippen LogP contribution in [-0.4, -0.2) is 57.0 Å². The predicted molar refractivity (Wildman–Crippen MR) is 193 cm³/mol. The minimum atomic E-state index is -1.65. The number of phenols is 1. The van der Waals surface area contributed by atoms with E-state index in [4.69, 9.17) is 32.4 Å². The lowest BCUT2D eigenvalue weighted by Gasteiger charge is -2.49. The number of fused-ring (bicyclic) bond motifs is 4. The number of aromatic carboxylic acids is 1. The normalized spacial score (nSPS) is 26.0. The number of nitrogens with zero attached hydrogens (tertiary/aromatic N) is 2. The molecule has 13 nitrogen and oxygen atoms in total. The van der Waals surface area contributed by atoms with Gasteiger partial charge in [-0.15, -0.1) is 0 Å². The third-order valence-corrected chi connectivity index (χ3v) is 11.7. The van der Waals surface area contributed by atoms with Crippen molar-refractivity contribution in [2.75, 3.05) is 17.4 Å². The zero-order valence-electron chi connectivity index (χ0n) is 28.4. The molecular weight excluding hydrogens is 741 g/mol. The number of aromatic hydroxyl groups is 1. The Labute approximate surface area is 317 Å². The number of anilines is 2. The molecule has 0 unspecified atom stereocenters. The summed E-state index contributed by atoms with van der Waals surface area (Å²) in [7, 11) is 1.50. The van der Waals surface area contributed by atoms with Crippen molar-refractivity contribution in [2.45, 2.75) is 30.8 Å². The van der Waals surface area contributed by atoms with Crippen LogP contribution in [0.2, 0.25) is 10.0 Å². The predicted octanol–water partition coefficient (Wildman–Crippen LogP) is 5.68. The number of hydrogen-bond acceptors (Lipinski definition) is 10. The molecule has 4 amide bonds. The number of amides is 4. The number of nitrogens with one attached hydrogen (secondary N) is 1. The van der Waals surface area contributed by atoms with E-state index in [1.165, 1.54) is 25.3 Å². The number of carbonyl (C=O) groups is 5. The Bertz CT molecular complexity index is 2310. The molecule has 2 aliphatic heterocycles. The fourth-order valence-corrected chi connectivity index (χ4v) is 9.33. The van der Waals surface area contributed by atoms with E-state index in [0.29, 0.717) is 21.9 Å². The molecule has 2 aliphatic carbocycles. The van der Waals surface area contributed by atoms with E-state index in [2.05, 4.69) is 5.43 Å². The molecule has 276 valence electrons. The molecule has 15 heteroatoms. The number of aliphatic hydroxyl groups is 1. The zero-order valence-corrected chi connectivity index (χ0v) is 29.9. The summed E-state index contributed by atoms with van der Waals surface area (Å²) in [5.41, 5.74) is 2.20. The fourth-order valence-electron chi connectivity index (χ4n) is 8.88. The molecule has 4 N–H and O–H groups in total. The first-order valence-electron chi connectivity index (χ1n) is 17.0. The van der Waals surface area contributed by atoms with Crippen molar-refractivity contribution in [1.82, 2.24) is 5.01 Å². The molecule has 3 heterocycles. The molecule has 0 spiro atoms. The molecule has 1 aromatic heterocycles. The topological polar surface area (TPSA) is 187 Å². The van der Waals surface area contributed by atoms with Crippen LogP contribution in [0.4, 0.5) is 11.4 Å². The van der Waals surface area contributed by atoms with Crippen LogP contribution in [0.5, 0.6) is 11.5 Å². The lowest BCUT2D eigenvalue weighted by atomic mass is 9.50. The standard InChI is InChI=1S/C39H31Cl2N3O10/c1-53-21-6-2-18(3-7-21)39-27(35(48)44(38(39)52)42-29-12-4-19(40)14-28(29)41)16-26-23(33(39)31-13-8-22(17-45)54-31)10-11-25-32(26)36(49)43(34(25)47)20-5-9-24(37(50)51)30(46)15-20/h2-10,12-15,25-27,32-33,42,45-46H,11,16-17H2,1H3,(H,50,51)/t25-,26+,27-,32-,33+,39+/m0/s1. The SMILES string of the molecule is COc1ccc([C@@]23C(=O)N(Nc4ccc(Cl)cc4Cl)C(=O)[C@@H]2C[C@@H]2C(=CC[C@@H]4C(=O)N(c5ccc(C(=O)O)c(O)c5)C(=O)[C@@H]42)[C@@H]3c2ccc(CO)o2)cc1. The van der Waals surface area contributed by atoms with E-state index in [0.717, 1.165) is 22.0 Å². The first-order valence-corrected chi connectivity index (χ1v) is 17.7. The average Bonchev–Trinajstić information content (AvgIpc) is 3.80. The van der Waals surface area contributed by atoms with Gasteiger partial charge in [-0.05, 0) is 78.9 Å². The number of hydrogen-bond donors (Lipinski definition) is 4. The van der Waals surface area contributed by atoms with Crippen molar-refractivity contribution in [1.29, 1.82) is 0 Å². The minimum absolute atomic E-state index is 0.00403. The monoisotopic (exact) mass is 771 g/mol. The Kier molecular flexibility index (Phi) is 8.55. The van der Waals surface area contributed by atoms with Gasteiger partial charge in [-0.1, -0.05) is 47.0 Å². The van der Waals surface area contributed by atoms with Crippen LogP contribution in [-0.2, 0) is 31.2 Å².